The fraction of sp³-hybridized carbons (Fsp3) is 0.588. The van der Waals surface area contributed by atoms with E-state index in [-0.39, 0.29) is 11.9 Å². The Bertz CT molecular complexity index is 467. The van der Waals surface area contributed by atoms with Crippen LogP contribution < -0.4 is 14.8 Å². The maximum Gasteiger partial charge on any atom is 0.261 e. The number of hydrogen-bond acceptors (Lipinski definition) is 4. The summed E-state index contributed by atoms with van der Waals surface area (Å²) in [4.78, 5) is 14.7. The Balaban J connectivity index is 1.88. The Hall–Kier alpha value is -1.75. The molecule has 1 atom stereocenters. The van der Waals surface area contributed by atoms with Crippen LogP contribution in [0.5, 0.6) is 11.5 Å². The van der Waals surface area contributed by atoms with E-state index in [1.54, 1.807) is 7.11 Å². The van der Waals surface area contributed by atoms with Gasteiger partial charge in [0.05, 0.1) is 7.11 Å². The average molecular weight is 306 g/mol. The predicted octanol–water partition coefficient (Wildman–Crippen LogP) is 2.06. The number of carbonyl (C=O) groups is 1. The van der Waals surface area contributed by atoms with Gasteiger partial charge >= 0.3 is 0 Å². The lowest BCUT2D eigenvalue weighted by molar-refractivity contribution is -0.129. The van der Waals surface area contributed by atoms with E-state index < -0.39 is 6.10 Å². The highest BCUT2D eigenvalue weighted by atomic mass is 16.5. The number of benzene rings is 1. The second-order valence-corrected chi connectivity index (χ2v) is 5.78. The van der Waals surface area contributed by atoms with Crippen LogP contribution in [0.2, 0.25) is 0 Å². The van der Waals surface area contributed by atoms with Crippen LogP contribution >= 0.6 is 0 Å². The van der Waals surface area contributed by atoms with E-state index in [0.29, 0.717) is 12.2 Å². The van der Waals surface area contributed by atoms with Gasteiger partial charge in [0.2, 0.25) is 0 Å². The molecule has 5 heteroatoms. The van der Waals surface area contributed by atoms with Crippen molar-refractivity contribution >= 4 is 5.91 Å². The van der Waals surface area contributed by atoms with Crippen molar-refractivity contribution in [3.05, 3.63) is 24.3 Å². The lowest BCUT2D eigenvalue weighted by atomic mass is 10.1. The average Bonchev–Trinajstić information content (AvgIpc) is 2.55. The fourth-order valence-electron chi connectivity index (χ4n) is 2.59. The van der Waals surface area contributed by atoms with Gasteiger partial charge in [0, 0.05) is 6.04 Å². The number of rotatable bonds is 6. The van der Waals surface area contributed by atoms with Crippen LogP contribution in [0.4, 0.5) is 0 Å². The highest BCUT2D eigenvalue weighted by Crippen LogP contribution is 2.19. The molecule has 0 aromatic heterocycles. The Labute approximate surface area is 132 Å². The summed E-state index contributed by atoms with van der Waals surface area (Å²) in [5.41, 5.74) is 0. The Kier molecular flexibility index (Phi) is 6.07. The van der Waals surface area contributed by atoms with Crippen LogP contribution in [0, 0.1) is 0 Å². The first-order valence-corrected chi connectivity index (χ1v) is 7.92. The quantitative estimate of drug-likeness (QED) is 0.874. The second-order valence-electron chi connectivity index (χ2n) is 5.78. The Morgan fingerprint density at radius 3 is 2.41 bits per heavy atom. The molecule has 0 saturated carbocycles. The van der Waals surface area contributed by atoms with Crippen molar-refractivity contribution < 1.29 is 14.3 Å². The number of ether oxygens (including phenoxy) is 2. The molecule has 0 spiro atoms. The molecule has 0 bridgehead atoms. The largest absolute Gasteiger partial charge is 0.497 e. The first kappa shape index (κ1) is 16.6. The molecule has 0 aliphatic carbocycles. The van der Waals surface area contributed by atoms with Gasteiger partial charge in [-0.1, -0.05) is 6.92 Å². The summed E-state index contributed by atoms with van der Waals surface area (Å²) in [6, 6.07) is 7.57. The third-order valence-corrected chi connectivity index (χ3v) is 4.07. The third-order valence-electron chi connectivity index (χ3n) is 4.07. The van der Waals surface area contributed by atoms with E-state index in [4.69, 9.17) is 9.47 Å². The van der Waals surface area contributed by atoms with Crippen LogP contribution in [0.3, 0.4) is 0 Å². The summed E-state index contributed by atoms with van der Waals surface area (Å²) in [5.74, 6) is 1.44. The van der Waals surface area contributed by atoms with Gasteiger partial charge in [-0.25, -0.2) is 0 Å². The molecule has 5 nitrogen and oxygen atoms in total. The minimum Gasteiger partial charge on any atom is -0.497 e. The van der Waals surface area contributed by atoms with E-state index in [9.17, 15) is 4.79 Å². The SMILES string of the molecule is CCC(Oc1ccc(OC)cc1)C(=O)NC1CCN(C)CC1. The molecule has 1 heterocycles. The fourth-order valence-corrected chi connectivity index (χ4v) is 2.59. The number of amides is 1. The van der Waals surface area contributed by atoms with Crippen LogP contribution in [0.15, 0.2) is 24.3 Å². The Morgan fingerprint density at radius 1 is 1.27 bits per heavy atom. The lowest BCUT2D eigenvalue weighted by Gasteiger charge is -2.30. The molecule has 1 amide bonds. The van der Waals surface area contributed by atoms with E-state index in [1.165, 1.54) is 0 Å². The van der Waals surface area contributed by atoms with Crippen molar-refractivity contribution in [2.24, 2.45) is 0 Å². The molecule has 1 fully saturated rings. The van der Waals surface area contributed by atoms with E-state index in [2.05, 4.69) is 17.3 Å². The summed E-state index contributed by atoms with van der Waals surface area (Å²) in [6.45, 7) is 4.02. The van der Waals surface area contributed by atoms with Crippen molar-refractivity contribution in [3.8, 4) is 11.5 Å². The van der Waals surface area contributed by atoms with Gasteiger partial charge in [-0.15, -0.1) is 0 Å². The van der Waals surface area contributed by atoms with Gasteiger partial charge in [-0.3, -0.25) is 4.79 Å². The topological polar surface area (TPSA) is 50.8 Å². The first-order chi connectivity index (χ1) is 10.6. The lowest BCUT2D eigenvalue weighted by Crippen LogP contribution is -2.47. The van der Waals surface area contributed by atoms with Crippen molar-refractivity contribution in [3.63, 3.8) is 0 Å². The van der Waals surface area contributed by atoms with E-state index >= 15 is 0 Å². The molecular formula is C17H26N2O3. The summed E-state index contributed by atoms with van der Waals surface area (Å²) in [5, 5.41) is 3.12. The molecule has 122 valence electrons. The molecule has 1 N–H and O–H groups in total. The number of hydrogen-bond donors (Lipinski definition) is 1. The molecule has 0 radical (unpaired) electrons. The zero-order chi connectivity index (χ0) is 15.9. The number of methoxy groups -OCH3 is 1. The maximum absolute atomic E-state index is 12.4. The van der Waals surface area contributed by atoms with E-state index in [1.807, 2.05) is 31.2 Å². The summed E-state index contributed by atoms with van der Waals surface area (Å²) in [6.07, 6.45) is 2.19. The highest BCUT2D eigenvalue weighted by Gasteiger charge is 2.24. The Morgan fingerprint density at radius 2 is 1.86 bits per heavy atom. The zero-order valence-electron chi connectivity index (χ0n) is 13.7. The van der Waals surface area contributed by atoms with Crippen LogP contribution in [0.1, 0.15) is 26.2 Å². The van der Waals surface area contributed by atoms with Crippen molar-refractivity contribution in [1.29, 1.82) is 0 Å². The zero-order valence-corrected chi connectivity index (χ0v) is 13.7. The summed E-state index contributed by atoms with van der Waals surface area (Å²) in [7, 11) is 3.74. The minimum absolute atomic E-state index is 0.0205. The molecule has 1 unspecified atom stereocenters. The predicted molar refractivity (Wildman–Crippen MR) is 86.4 cm³/mol. The summed E-state index contributed by atoms with van der Waals surface area (Å²) < 4.78 is 10.9. The summed E-state index contributed by atoms with van der Waals surface area (Å²) >= 11 is 0. The molecule has 1 aliphatic rings. The normalized spacial score (nSPS) is 17.8. The molecular weight excluding hydrogens is 280 g/mol. The van der Waals surface area contributed by atoms with Crippen molar-refractivity contribution in [2.75, 3.05) is 27.2 Å². The van der Waals surface area contributed by atoms with Gasteiger partial charge in [0.1, 0.15) is 11.5 Å². The van der Waals surface area contributed by atoms with Gasteiger partial charge < -0.3 is 19.7 Å². The van der Waals surface area contributed by atoms with E-state index in [0.717, 1.165) is 31.7 Å². The second kappa shape index (κ2) is 8.03. The first-order valence-electron chi connectivity index (χ1n) is 7.92. The molecule has 1 saturated heterocycles. The standard InChI is InChI=1S/C17H26N2O3/c1-4-16(22-15-7-5-14(21-3)6-8-15)17(20)18-13-9-11-19(2)12-10-13/h5-8,13,16H,4,9-12H2,1-3H3,(H,18,20). The number of nitrogens with zero attached hydrogens (tertiary/aromatic N) is 1. The number of likely N-dealkylation sites (tertiary alicyclic amines) is 1. The molecule has 1 aromatic carbocycles. The number of piperidine rings is 1. The highest BCUT2D eigenvalue weighted by molar-refractivity contribution is 5.81. The van der Waals surface area contributed by atoms with Crippen LogP contribution in [0.25, 0.3) is 0 Å². The molecule has 1 aliphatic heterocycles. The molecule has 2 rings (SSSR count). The number of nitrogens with one attached hydrogen (secondary N) is 1. The third kappa shape index (κ3) is 4.63. The number of carbonyl (C=O) groups excluding carboxylic acids is 1. The minimum atomic E-state index is -0.451. The van der Waals surface area contributed by atoms with Crippen molar-refractivity contribution in [1.82, 2.24) is 10.2 Å². The van der Waals surface area contributed by atoms with Crippen molar-refractivity contribution in [2.45, 2.75) is 38.3 Å². The van der Waals surface area contributed by atoms with Crippen LogP contribution in [-0.4, -0.2) is 50.2 Å². The van der Waals surface area contributed by atoms with Gasteiger partial charge in [-0.05, 0) is 63.7 Å². The molecule has 22 heavy (non-hydrogen) atoms. The van der Waals surface area contributed by atoms with Crippen LogP contribution in [-0.2, 0) is 4.79 Å². The van der Waals surface area contributed by atoms with Gasteiger partial charge in [-0.2, -0.15) is 0 Å². The van der Waals surface area contributed by atoms with Gasteiger partial charge in [0.15, 0.2) is 6.10 Å². The monoisotopic (exact) mass is 306 g/mol. The van der Waals surface area contributed by atoms with Gasteiger partial charge in [0.25, 0.3) is 5.91 Å². The maximum atomic E-state index is 12.4. The molecule has 1 aromatic rings. The smallest absolute Gasteiger partial charge is 0.261 e.